The molecule has 0 unspecified atom stereocenters. The molecule has 0 radical (unpaired) electrons. The number of likely N-dealkylation sites (tertiary alicyclic amines) is 1. The van der Waals surface area contributed by atoms with Gasteiger partial charge >= 0.3 is 0 Å². The number of nitrogens with one attached hydrogen (secondary N) is 1. The molecule has 1 heterocycles. The number of carbonyl (C=O) groups is 2. The van der Waals surface area contributed by atoms with Crippen LogP contribution in [0.5, 0.6) is 0 Å². The van der Waals surface area contributed by atoms with Crippen molar-refractivity contribution in [3.63, 3.8) is 0 Å². The van der Waals surface area contributed by atoms with Gasteiger partial charge in [0, 0.05) is 26.8 Å². The maximum atomic E-state index is 15.1. The third-order valence-corrected chi connectivity index (χ3v) is 9.68. The lowest BCUT2D eigenvalue weighted by atomic mass is 9.77. The van der Waals surface area contributed by atoms with Gasteiger partial charge < -0.3 is 34.4 Å². The number of allylic oxidation sites excluding steroid dienone is 3. The molecule has 2 amide bonds. The summed E-state index contributed by atoms with van der Waals surface area (Å²) < 4.78 is 47.2. The number of hydrogen-bond donors (Lipinski definition) is 2. The predicted octanol–water partition coefficient (Wildman–Crippen LogP) is 5.08. The van der Waals surface area contributed by atoms with Gasteiger partial charge in [-0.25, -0.2) is 8.78 Å². The number of aliphatic hydroxyl groups is 1. The number of aliphatic hydroxyl groups excluding tert-OH is 1. The minimum atomic E-state index is -3.40. The number of carbonyl (C=O) groups excluding carboxylic acids is 2. The summed E-state index contributed by atoms with van der Waals surface area (Å²) in [4.78, 5) is 30.8. The maximum absolute atomic E-state index is 15.1. The lowest BCUT2D eigenvalue weighted by Crippen LogP contribution is -2.57. The number of amides is 2. The van der Waals surface area contributed by atoms with Crippen molar-refractivity contribution in [2.24, 2.45) is 11.3 Å². The van der Waals surface area contributed by atoms with Crippen molar-refractivity contribution in [2.75, 3.05) is 54.2 Å². The molecule has 0 spiro atoms. The van der Waals surface area contributed by atoms with Crippen molar-refractivity contribution >= 4 is 11.8 Å². The van der Waals surface area contributed by atoms with Crippen molar-refractivity contribution < 1.29 is 37.7 Å². The Kier molecular flexibility index (Phi) is 16.1. The van der Waals surface area contributed by atoms with Gasteiger partial charge in [0.15, 0.2) is 0 Å². The standard InChI is InChI=1S/C35H59F2N3O6/c1-5-6-15-30(32(42)38-29(24-27-13-9-7-10-14-27)31(41)35(36,37)25-39(2)3)45-23-20-34(18-11-8-12-19-34)33(43)40-21-16-28(17-22-40)46-26-44-4/h8,11-12,18,27-31,41H,5-7,9-10,13-17,19-26H2,1-4H3,(H,38,42)/t29-,30-,31+,34-/m0/s1. The molecule has 3 rings (SSSR count). The van der Waals surface area contributed by atoms with Crippen LogP contribution in [-0.2, 0) is 23.8 Å². The summed E-state index contributed by atoms with van der Waals surface area (Å²) in [6.07, 6.45) is 14.6. The summed E-state index contributed by atoms with van der Waals surface area (Å²) in [5.74, 6) is -3.66. The second-order valence-electron chi connectivity index (χ2n) is 13.8. The highest BCUT2D eigenvalue weighted by atomic mass is 19.3. The zero-order chi connectivity index (χ0) is 33.6. The Hall–Kier alpha value is -1.92. The molecule has 2 N–H and O–H groups in total. The van der Waals surface area contributed by atoms with E-state index in [2.05, 4.69) is 5.32 Å². The van der Waals surface area contributed by atoms with Crippen LogP contribution in [0.4, 0.5) is 8.78 Å². The second-order valence-corrected chi connectivity index (χ2v) is 13.8. The highest BCUT2D eigenvalue weighted by Crippen LogP contribution is 2.36. The molecule has 46 heavy (non-hydrogen) atoms. The smallest absolute Gasteiger partial charge is 0.287 e. The van der Waals surface area contributed by atoms with Crippen molar-refractivity contribution in [3.8, 4) is 0 Å². The van der Waals surface area contributed by atoms with Crippen LogP contribution in [0.25, 0.3) is 0 Å². The second kappa shape index (κ2) is 19.2. The maximum Gasteiger partial charge on any atom is 0.287 e. The van der Waals surface area contributed by atoms with Gasteiger partial charge in [-0.15, -0.1) is 0 Å². The van der Waals surface area contributed by atoms with Gasteiger partial charge in [-0.05, 0) is 58.5 Å². The van der Waals surface area contributed by atoms with Gasteiger partial charge in [-0.3, -0.25) is 9.59 Å². The summed E-state index contributed by atoms with van der Waals surface area (Å²) in [6.45, 7) is 2.99. The zero-order valence-corrected chi connectivity index (χ0v) is 28.6. The molecule has 1 saturated heterocycles. The average molecular weight is 656 g/mol. The van der Waals surface area contributed by atoms with E-state index in [9.17, 15) is 14.7 Å². The van der Waals surface area contributed by atoms with E-state index in [0.29, 0.717) is 38.8 Å². The lowest BCUT2D eigenvalue weighted by molar-refractivity contribution is -0.148. The first-order valence-corrected chi connectivity index (χ1v) is 17.4. The van der Waals surface area contributed by atoms with E-state index in [0.717, 1.165) is 57.8 Å². The van der Waals surface area contributed by atoms with Gasteiger partial charge in [0.1, 0.15) is 19.0 Å². The fourth-order valence-corrected chi connectivity index (χ4v) is 7.02. The highest BCUT2D eigenvalue weighted by Gasteiger charge is 2.45. The largest absolute Gasteiger partial charge is 0.385 e. The molecule has 4 atom stereocenters. The van der Waals surface area contributed by atoms with E-state index in [1.807, 2.05) is 36.1 Å². The molecule has 0 aromatic rings. The van der Waals surface area contributed by atoms with Gasteiger partial charge in [0.2, 0.25) is 11.8 Å². The Balaban J connectivity index is 1.68. The van der Waals surface area contributed by atoms with E-state index in [-0.39, 0.29) is 31.3 Å². The van der Waals surface area contributed by atoms with E-state index in [1.54, 1.807) is 7.11 Å². The summed E-state index contributed by atoms with van der Waals surface area (Å²) in [6, 6.07) is -1.09. The fourth-order valence-electron chi connectivity index (χ4n) is 7.02. The van der Waals surface area contributed by atoms with Crippen LogP contribution in [0.15, 0.2) is 24.3 Å². The van der Waals surface area contributed by atoms with Crippen LogP contribution in [0.1, 0.15) is 90.4 Å². The van der Waals surface area contributed by atoms with Crippen LogP contribution in [0.2, 0.25) is 0 Å². The SMILES string of the molecule is CCCC[C@H](OCC[C@]1(C(=O)N2CCC(OCOC)CC2)C=CC=CC1)C(=O)N[C@@H](CC1CCCCC1)[C@@H](O)C(F)(F)CN(C)C. The third kappa shape index (κ3) is 11.6. The molecule has 1 aliphatic heterocycles. The van der Waals surface area contributed by atoms with Gasteiger partial charge in [0.05, 0.1) is 24.1 Å². The molecule has 0 bridgehead atoms. The molecule has 9 nitrogen and oxygen atoms in total. The average Bonchev–Trinajstić information content (AvgIpc) is 3.04. The quantitative estimate of drug-likeness (QED) is 0.187. The van der Waals surface area contributed by atoms with E-state index in [1.165, 1.54) is 19.0 Å². The van der Waals surface area contributed by atoms with Gasteiger partial charge in [-0.2, -0.15) is 0 Å². The minimum Gasteiger partial charge on any atom is -0.385 e. The Bertz CT molecular complexity index is 981. The van der Waals surface area contributed by atoms with Crippen molar-refractivity contribution in [1.82, 2.24) is 15.1 Å². The van der Waals surface area contributed by atoms with Gasteiger partial charge in [-0.1, -0.05) is 76.2 Å². The number of unbranched alkanes of at least 4 members (excludes halogenated alkanes) is 1. The monoisotopic (exact) mass is 655 g/mol. The van der Waals surface area contributed by atoms with Crippen LogP contribution < -0.4 is 5.32 Å². The predicted molar refractivity (Wildman–Crippen MR) is 174 cm³/mol. The first-order valence-electron chi connectivity index (χ1n) is 17.4. The Morgan fingerprint density at radius 3 is 2.46 bits per heavy atom. The Morgan fingerprint density at radius 2 is 1.85 bits per heavy atom. The number of hydrogen-bond acceptors (Lipinski definition) is 7. The number of nitrogens with zero attached hydrogens (tertiary/aromatic N) is 2. The normalized spacial score (nSPS) is 23.4. The summed E-state index contributed by atoms with van der Waals surface area (Å²) in [5, 5.41) is 13.8. The topological polar surface area (TPSA) is 101 Å². The molecule has 2 fully saturated rings. The number of halogens is 2. The Labute approximate surface area is 275 Å². The molecule has 2 aliphatic carbocycles. The molecule has 3 aliphatic rings. The van der Waals surface area contributed by atoms with Crippen molar-refractivity contribution in [2.45, 2.75) is 121 Å². The van der Waals surface area contributed by atoms with Crippen LogP contribution >= 0.6 is 0 Å². The molecule has 1 saturated carbocycles. The summed E-state index contributed by atoms with van der Waals surface area (Å²) in [7, 11) is 4.67. The van der Waals surface area contributed by atoms with E-state index >= 15 is 8.78 Å². The first-order chi connectivity index (χ1) is 22.0. The highest BCUT2D eigenvalue weighted by molar-refractivity contribution is 5.85. The first kappa shape index (κ1) is 38.5. The van der Waals surface area contributed by atoms with Crippen LogP contribution in [0, 0.1) is 11.3 Å². The number of alkyl halides is 2. The number of rotatable bonds is 19. The number of ether oxygens (including phenoxy) is 3. The van der Waals surface area contributed by atoms with Crippen molar-refractivity contribution in [1.29, 1.82) is 0 Å². The number of piperidine rings is 1. The molecule has 0 aromatic carbocycles. The van der Waals surface area contributed by atoms with Gasteiger partial charge in [0.25, 0.3) is 5.92 Å². The molecule has 11 heteroatoms. The minimum absolute atomic E-state index is 0.0373. The molecule has 264 valence electrons. The van der Waals surface area contributed by atoms with Crippen LogP contribution in [-0.4, -0.2) is 111 Å². The zero-order valence-electron chi connectivity index (χ0n) is 28.6. The van der Waals surface area contributed by atoms with Crippen molar-refractivity contribution in [3.05, 3.63) is 24.3 Å². The molecule has 0 aromatic heterocycles. The summed E-state index contributed by atoms with van der Waals surface area (Å²) in [5.41, 5.74) is -0.783. The summed E-state index contributed by atoms with van der Waals surface area (Å²) >= 11 is 0. The Morgan fingerprint density at radius 1 is 1.13 bits per heavy atom. The van der Waals surface area contributed by atoms with E-state index in [4.69, 9.17) is 14.2 Å². The third-order valence-electron chi connectivity index (χ3n) is 9.68. The fraction of sp³-hybridized carbons (Fsp3) is 0.829. The lowest BCUT2D eigenvalue weighted by Gasteiger charge is -2.39. The van der Waals surface area contributed by atoms with E-state index < -0.39 is 42.0 Å². The molecular formula is C35H59F2N3O6. The molecular weight excluding hydrogens is 596 g/mol. The number of methoxy groups -OCH3 is 1. The van der Waals surface area contributed by atoms with Crippen LogP contribution in [0.3, 0.4) is 0 Å².